The number of ether oxygens (including phenoxy) is 2. The van der Waals surface area contributed by atoms with Gasteiger partial charge >= 0.3 is 0 Å². The molecule has 2 aliphatic heterocycles. The lowest BCUT2D eigenvalue weighted by Gasteiger charge is -2.36. The molecule has 0 radical (unpaired) electrons. The SMILES string of the molecule is CN(CCN1CCOCC1)CC1(O)CCOCC1. The van der Waals surface area contributed by atoms with Gasteiger partial charge in [0, 0.05) is 58.8 Å². The van der Waals surface area contributed by atoms with Gasteiger partial charge in [0.05, 0.1) is 18.8 Å². The summed E-state index contributed by atoms with van der Waals surface area (Å²) in [5.41, 5.74) is -0.544. The van der Waals surface area contributed by atoms with Crippen molar-refractivity contribution in [3.8, 4) is 0 Å². The molecule has 2 fully saturated rings. The van der Waals surface area contributed by atoms with Gasteiger partial charge in [0.15, 0.2) is 0 Å². The maximum absolute atomic E-state index is 10.4. The quantitative estimate of drug-likeness (QED) is 0.739. The molecule has 0 bridgehead atoms. The number of likely N-dealkylation sites (N-methyl/N-ethyl adjacent to an activating group) is 1. The number of hydrogen-bond donors (Lipinski definition) is 1. The Morgan fingerprint density at radius 3 is 2.39 bits per heavy atom. The van der Waals surface area contributed by atoms with E-state index in [-0.39, 0.29) is 0 Å². The minimum atomic E-state index is -0.544. The molecule has 1 N–H and O–H groups in total. The van der Waals surface area contributed by atoms with E-state index in [2.05, 4.69) is 16.8 Å². The third-order valence-corrected chi connectivity index (χ3v) is 3.89. The third kappa shape index (κ3) is 4.48. The summed E-state index contributed by atoms with van der Waals surface area (Å²) in [6.45, 7) is 7.96. The van der Waals surface area contributed by atoms with Gasteiger partial charge in [-0.15, -0.1) is 0 Å². The fraction of sp³-hybridized carbons (Fsp3) is 1.00. The first-order valence-corrected chi connectivity index (χ1v) is 6.97. The lowest BCUT2D eigenvalue weighted by atomic mass is 9.94. The van der Waals surface area contributed by atoms with Gasteiger partial charge in [-0.1, -0.05) is 0 Å². The third-order valence-electron chi connectivity index (χ3n) is 3.89. The lowest BCUT2D eigenvalue weighted by Crippen LogP contribution is -2.48. The highest BCUT2D eigenvalue weighted by Gasteiger charge is 2.30. The summed E-state index contributed by atoms with van der Waals surface area (Å²) in [6, 6.07) is 0. The molecule has 0 aromatic carbocycles. The van der Waals surface area contributed by atoms with Crippen LogP contribution >= 0.6 is 0 Å². The molecular formula is C13H26N2O3. The Bertz CT molecular complexity index is 238. The minimum absolute atomic E-state index is 0.544. The van der Waals surface area contributed by atoms with Gasteiger partial charge in [0.1, 0.15) is 0 Å². The summed E-state index contributed by atoms with van der Waals surface area (Å²) in [5.74, 6) is 0. The van der Waals surface area contributed by atoms with Crippen molar-refractivity contribution >= 4 is 0 Å². The fourth-order valence-electron chi connectivity index (χ4n) is 2.63. The average Bonchev–Trinajstić information content (AvgIpc) is 2.38. The first-order valence-electron chi connectivity index (χ1n) is 6.97. The molecule has 2 rings (SSSR count). The van der Waals surface area contributed by atoms with Gasteiger partial charge in [0.2, 0.25) is 0 Å². The summed E-state index contributed by atoms with van der Waals surface area (Å²) in [6.07, 6.45) is 1.52. The maximum atomic E-state index is 10.4. The van der Waals surface area contributed by atoms with Crippen molar-refractivity contribution in [3.63, 3.8) is 0 Å². The highest BCUT2D eigenvalue weighted by molar-refractivity contribution is 4.84. The van der Waals surface area contributed by atoms with Crippen LogP contribution in [0.25, 0.3) is 0 Å². The molecule has 0 aliphatic carbocycles. The topological polar surface area (TPSA) is 45.2 Å². The van der Waals surface area contributed by atoms with E-state index in [9.17, 15) is 5.11 Å². The summed E-state index contributed by atoms with van der Waals surface area (Å²) < 4.78 is 10.6. The van der Waals surface area contributed by atoms with Crippen LogP contribution < -0.4 is 0 Å². The monoisotopic (exact) mass is 258 g/mol. The number of aliphatic hydroxyl groups is 1. The molecule has 5 nitrogen and oxygen atoms in total. The second-order valence-corrected chi connectivity index (χ2v) is 5.53. The van der Waals surface area contributed by atoms with Crippen molar-refractivity contribution in [2.75, 3.05) is 66.2 Å². The van der Waals surface area contributed by atoms with Crippen molar-refractivity contribution < 1.29 is 14.6 Å². The van der Waals surface area contributed by atoms with E-state index in [4.69, 9.17) is 9.47 Å². The summed E-state index contributed by atoms with van der Waals surface area (Å²) in [4.78, 5) is 4.66. The second kappa shape index (κ2) is 6.82. The number of nitrogens with zero attached hydrogens (tertiary/aromatic N) is 2. The Morgan fingerprint density at radius 2 is 1.72 bits per heavy atom. The van der Waals surface area contributed by atoms with Gasteiger partial charge in [-0.2, -0.15) is 0 Å². The minimum Gasteiger partial charge on any atom is -0.388 e. The van der Waals surface area contributed by atoms with E-state index in [0.717, 1.165) is 58.8 Å². The zero-order valence-electron chi connectivity index (χ0n) is 11.4. The molecule has 0 aromatic rings. The molecule has 5 heteroatoms. The second-order valence-electron chi connectivity index (χ2n) is 5.53. The van der Waals surface area contributed by atoms with Gasteiger partial charge in [-0.25, -0.2) is 0 Å². The molecule has 2 saturated heterocycles. The van der Waals surface area contributed by atoms with Crippen LogP contribution in [-0.4, -0.2) is 86.7 Å². The van der Waals surface area contributed by atoms with Gasteiger partial charge in [-0.3, -0.25) is 4.90 Å². The first kappa shape index (κ1) is 14.2. The zero-order chi connectivity index (χ0) is 12.8. The first-order chi connectivity index (χ1) is 8.68. The van der Waals surface area contributed by atoms with Gasteiger partial charge < -0.3 is 19.5 Å². The summed E-state index contributed by atoms with van der Waals surface area (Å²) >= 11 is 0. The molecule has 2 heterocycles. The maximum Gasteiger partial charge on any atom is 0.0817 e. The highest BCUT2D eigenvalue weighted by atomic mass is 16.5. The van der Waals surface area contributed by atoms with Crippen molar-refractivity contribution in [2.45, 2.75) is 18.4 Å². The summed E-state index contributed by atoms with van der Waals surface area (Å²) in [5, 5.41) is 10.4. The Balaban J connectivity index is 1.65. The molecule has 0 saturated carbocycles. The Morgan fingerprint density at radius 1 is 1.11 bits per heavy atom. The molecule has 0 aromatic heterocycles. The van der Waals surface area contributed by atoms with Crippen LogP contribution in [0.2, 0.25) is 0 Å². The zero-order valence-corrected chi connectivity index (χ0v) is 11.4. The predicted molar refractivity (Wildman–Crippen MR) is 69.8 cm³/mol. The highest BCUT2D eigenvalue weighted by Crippen LogP contribution is 2.21. The van der Waals surface area contributed by atoms with Crippen molar-refractivity contribution in [1.82, 2.24) is 9.80 Å². The van der Waals surface area contributed by atoms with Crippen molar-refractivity contribution in [3.05, 3.63) is 0 Å². The predicted octanol–water partition coefficient (Wildman–Crippen LogP) is -0.208. The molecule has 106 valence electrons. The molecule has 0 spiro atoms. The van der Waals surface area contributed by atoms with Gasteiger partial charge in [0.25, 0.3) is 0 Å². The Kier molecular flexibility index (Phi) is 5.38. The number of hydrogen-bond acceptors (Lipinski definition) is 5. The Hall–Kier alpha value is -0.200. The molecule has 0 amide bonds. The van der Waals surface area contributed by atoms with E-state index < -0.39 is 5.60 Å². The van der Waals surface area contributed by atoms with Crippen LogP contribution in [0, 0.1) is 0 Å². The normalized spacial score (nSPS) is 25.5. The van der Waals surface area contributed by atoms with E-state index in [1.807, 2.05) is 0 Å². The van der Waals surface area contributed by atoms with Crippen LogP contribution in [-0.2, 0) is 9.47 Å². The van der Waals surface area contributed by atoms with Crippen LogP contribution in [0.1, 0.15) is 12.8 Å². The van der Waals surface area contributed by atoms with Crippen LogP contribution in [0.5, 0.6) is 0 Å². The van der Waals surface area contributed by atoms with Crippen LogP contribution in [0.15, 0.2) is 0 Å². The van der Waals surface area contributed by atoms with Crippen molar-refractivity contribution in [1.29, 1.82) is 0 Å². The van der Waals surface area contributed by atoms with Crippen LogP contribution in [0.3, 0.4) is 0 Å². The van der Waals surface area contributed by atoms with E-state index >= 15 is 0 Å². The molecule has 18 heavy (non-hydrogen) atoms. The van der Waals surface area contributed by atoms with E-state index in [1.165, 1.54) is 0 Å². The largest absolute Gasteiger partial charge is 0.388 e. The van der Waals surface area contributed by atoms with E-state index in [1.54, 1.807) is 0 Å². The molecule has 2 aliphatic rings. The van der Waals surface area contributed by atoms with Gasteiger partial charge in [-0.05, 0) is 7.05 Å². The lowest BCUT2D eigenvalue weighted by molar-refractivity contribution is -0.0778. The van der Waals surface area contributed by atoms with Crippen molar-refractivity contribution in [2.24, 2.45) is 0 Å². The van der Waals surface area contributed by atoms with E-state index in [0.29, 0.717) is 13.2 Å². The Labute approximate surface area is 110 Å². The fourth-order valence-corrected chi connectivity index (χ4v) is 2.63. The average molecular weight is 258 g/mol. The van der Waals surface area contributed by atoms with Crippen LogP contribution in [0.4, 0.5) is 0 Å². The summed E-state index contributed by atoms with van der Waals surface area (Å²) in [7, 11) is 2.09. The number of rotatable bonds is 5. The molecule has 0 atom stereocenters. The standard InChI is InChI=1S/C13H26N2O3/c1-14(4-5-15-6-10-18-11-7-15)12-13(16)2-8-17-9-3-13/h16H,2-12H2,1H3. The smallest absolute Gasteiger partial charge is 0.0817 e. The molecule has 0 unspecified atom stereocenters. The molecular weight excluding hydrogens is 232 g/mol. The number of morpholine rings is 1.